The summed E-state index contributed by atoms with van der Waals surface area (Å²) in [6.45, 7) is 5.47. The fraction of sp³-hybridized carbons (Fsp3) is 0.429. The van der Waals surface area contributed by atoms with Gasteiger partial charge in [0.1, 0.15) is 11.9 Å². The van der Waals surface area contributed by atoms with Gasteiger partial charge < -0.3 is 26.2 Å². The van der Waals surface area contributed by atoms with Crippen LogP contribution in [0.3, 0.4) is 0 Å². The summed E-state index contributed by atoms with van der Waals surface area (Å²) < 4.78 is 47.6. The number of aliphatic hydroxyl groups is 1. The molecule has 0 saturated carbocycles. The largest absolute Gasteiger partial charge is 0.453 e. The monoisotopic (exact) mass is 670 g/mol. The first-order chi connectivity index (χ1) is 22.4. The number of amides is 2. The molecule has 0 bridgehead atoms. The van der Waals surface area contributed by atoms with Crippen LogP contribution in [0.1, 0.15) is 63.5 Å². The van der Waals surface area contributed by atoms with Crippen molar-refractivity contribution in [2.24, 2.45) is 5.92 Å². The fourth-order valence-electron chi connectivity index (χ4n) is 5.46. The molecule has 0 aliphatic rings. The van der Waals surface area contributed by atoms with Crippen LogP contribution in [-0.4, -0.2) is 68.2 Å². The molecular formula is C35H47FN4O6S. The smallest absolute Gasteiger partial charge is 0.407 e. The maximum absolute atomic E-state index is 14.2. The van der Waals surface area contributed by atoms with Gasteiger partial charge in [0.05, 0.1) is 24.3 Å². The third-order valence-corrected chi connectivity index (χ3v) is 10.0. The summed E-state index contributed by atoms with van der Waals surface area (Å²) in [5.41, 5.74) is 7.07. The first kappa shape index (κ1) is 37.5. The average molecular weight is 671 g/mol. The van der Waals surface area contributed by atoms with Gasteiger partial charge in [-0.2, -0.15) is 4.31 Å². The summed E-state index contributed by atoms with van der Waals surface area (Å²) in [6, 6.07) is 20.1. The molecular weight excluding hydrogens is 623 g/mol. The Balaban J connectivity index is 1.76. The molecule has 0 fully saturated rings. The third-order valence-electron chi connectivity index (χ3n) is 8.08. The highest BCUT2D eigenvalue weighted by atomic mass is 32.2. The van der Waals surface area contributed by atoms with Gasteiger partial charge in [0.15, 0.2) is 0 Å². The van der Waals surface area contributed by atoms with E-state index in [2.05, 4.69) is 10.6 Å². The lowest BCUT2D eigenvalue weighted by molar-refractivity contribution is -0.124. The molecule has 0 heterocycles. The molecule has 5 N–H and O–H groups in total. The van der Waals surface area contributed by atoms with Crippen LogP contribution in [0.4, 0.5) is 14.9 Å². The van der Waals surface area contributed by atoms with E-state index in [1.807, 2.05) is 81.4 Å². The molecule has 3 aromatic carbocycles. The van der Waals surface area contributed by atoms with Gasteiger partial charge in [-0.1, -0.05) is 74.5 Å². The van der Waals surface area contributed by atoms with Crippen LogP contribution in [0.15, 0.2) is 83.8 Å². The minimum Gasteiger partial charge on any atom is -0.453 e. The van der Waals surface area contributed by atoms with Gasteiger partial charge in [-0.25, -0.2) is 17.6 Å². The fourth-order valence-corrected chi connectivity index (χ4v) is 7.14. The van der Waals surface area contributed by atoms with Crippen molar-refractivity contribution in [2.45, 2.75) is 75.4 Å². The Kier molecular flexibility index (Phi) is 14.2. The number of benzene rings is 3. The molecule has 256 valence electrons. The molecule has 12 heteroatoms. The lowest BCUT2D eigenvalue weighted by Crippen LogP contribution is -2.52. The Morgan fingerprint density at radius 2 is 1.51 bits per heavy atom. The summed E-state index contributed by atoms with van der Waals surface area (Å²) in [5.74, 6) is -1.57. The second-order valence-electron chi connectivity index (χ2n) is 12.1. The van der Waals surface area contributed by atoms with E-state index in [1.54, 1.807) is 0 Å². The minimum atomic E-state index is -4.15. The molecule has 3 rings (SSSR count). The molecule has 3 unspecified atom stereocenters. The number of ether oxygens (including phenoxy) is 1. The van der Waals surface area contributed by atoms with E-state index in [-0.39, 0.29) is 29.1 Å². The highest BCUT2D eigenvalue weighted by Crippen LogP contribution is 2.29. The third kappa shape index (κ3) is 10.5. The Hall–Kier alpha value is -4.00. The van der Waals surface area contributed by atoms with E-state index in [0.717, 1.165) is 17.2 Å². The number of sulfonamides is 1. The van der Waals surface area contributed by atoms with Crippen molar-refractivity contribution in [1.82, 2.24) is 14.9 Å². The van der Waals surface area contributed by atoms with E-state index < -0.39 is 52.4 Å². The second-order valence-corrected chi connectivity index (χ2v) is 14.0. The molecule has 10 nitrogen and oxygen atoms in total. The number of halogens is 1. The molecule has 3 atom stereocenters. The van der Waals surface area contributed by atoms with E-state index >= 15 is 0 Å². The normalized spacial score (nSPS) is 13.7. The zero-order chi connectivity index (χ0) is 34.6. The summed E-state index contributed by atoms with van der Waals surface area (Å²) in [5, 5.41) is 16.0. The maximum Gasteiger partial charge on any atom is 0.407 e. The van der Waals surface area contributed by atoms with Crippen LogP contribution < -0.4 is 16.4 Å². The molecule has 0 aromatic heterocycles. The van der Waals surface area contributed by atoms with Gasteiger partial charge in [-0.3, -0.25) is 4.79 Å². The first-order valence-corrected chi connectivity index (χ1v) is 17.3. The summed E-state index contributed by atoms with van der Waals surface area (Å²) in [6.07, 6.45) is 1.02. The number of nitrogens with two attached hydrogens (primary N) is 1. The Labute approximate surface area is 277 Å². The quantitative estimate of drug-likeness (QED) is 0.147. The first-order valence-electron chi connectivity index (χ1n) is 15.8. The van der Waals surface area contributed by atoms with Crippen LogP contribution in [0.5, 0.6) is 0 Å². The second kappa shape index (κ2) is 17.8. The average Bonchev–Trinajstić information content (AvgIpc) is 3.05. The highest BCUT2D eigenvalue weighted by Gasteiger charge is 2.34. The van der Waals surface area contributed by atoms with Crippen molar-refractivity contribution < 1.29 is 32.2 Å². The number of nitrogen functional groups attached to an aromatic ring is 1. The zero-order valence-corrected chi connectivity index (χ0v) is 28.3. The zero-order valence-electron chi connectivity index (χ0n) is 27.4. The van der Waals surface area contributed by atoms with Crippen LogP contribution in [0.2, 0.25) is 0 Å². The van der Waals surface area contributed by atoms with Crippen molar-refractivity contribution in [3.63, 3.8) is 0 Å². The molecule has 2 amide bonds. The number of nitrogens with zero attached hydrogens (tertiary/aromatic N) is 1. The van der Waals surface area contributed by atoms with Crippen LogP contribution >= 0.6 is 0 Å². The topological polar surface area (TPSA) is 151 Å². The van der Waals surface area contributed by atoms with Crippen molar-refractivity contribution in [1.29, 1.82) is 0 Å². The Morgan fingerprint density at radius 3 is 2.02 bits per heavy atom. The molecule has 0 aliphatic carbocycles. The highest BCUT2D eigenvalue weighted by molar-refractivity contribution is 7.89. The predicted molar refractivity (Wildman–Crippen MR) is 181 cm³/mol. The van der Waals surface area contributed by atoms with Crippen molar-refractivity contribution in [3.05, 3.63) is 95.8 Å². The molecule has 0 saturated heterocycles. The number of nitrogens with one attached hydrogen (secondary N) is 2. The minimum absolute atomic E-state index is 0.144. The number of aliphatic hydroxyl groups excluding tert-OH is 1. The standard InChI is InChI=1S/C35H47FN4O6S/c1-24(2)20-21-40(47(44,45)29-18-19-31(37)30(36)22-29)28(23-41)17-11-12-25(3)38-34(42)33(39-35(43)46-4)32(26-13-7-5-8-14-26)27-15-9-6-10-16-27/h5-10,13-16,18-19,22,24-25,28,32-33,41H,11-12,17,20-21,23,37H2,1-4H3,(H,38,42)(H,39,43). The molecule has 3 aromatic rings. The van der Waals surface area contributed by atoms with Gasteiger partial charge in [0, 0.05) is 24.5 Å². The number of carbonyl (C=O) groups is 2. The van der Waals surface area contributed by atoms with E-state index in [0.29, 0.717) is 25.7 Å². The number of hydrogen-bond acceptors (Lipinski definition) is 7. The lowest BCUT2D eigenvalue weighted by Gasteiger charge is -2.31. The number of anilines is 1. The Bertz CT molecular complexity index is 1500. The lowest BCUT2D eigenvalue weighted by atomic mass is 9.84. The number of rotatable bonds is 17. The molecule has 0 radical (unpaired) electrons. The van der Waals surface area contributed by atoms with Gasteiger partial charge in [0.25, 0.3) is 0 Å². The number of carbonyl (C=O) groups excluding carboxylic acids is 2. The number of hydrogen-bond donors (Lipinski definition) is 4. The predicted octanol–water partition coefficient (Wildman–Crippen LogP) is 5.04. The summed E-state index contributed by atoms with van der Waals surface area (Å²) in [7, 11) is -2.91. The molecule has 0 spiro atoms. The van der Waals surface area contributed by atoms with Gasteiger partial charge >= 0.3 is 6.09 Å². The van der Waals surface area contributed by atoms with Crippen LogP contribution in [0, 0.1) is 11.7 Å². The van der Waals surface area contributed by atoms with E-state index in [9.17, 15) is 27.5 Å². The summed E-state index contributed by atoms with van der Waals surface area (Å²) in [4.78, 5) is 26.0. The van der Waals surface area contributed by atoms with E-state index in [4.69, 9.17) is 10.5 Å². The number of alkyl carbamates (subject to hydrolysis) is 1. The molecule has 47 heavy (non-hydrogen) atoms. The van der Waals surface area contributed by atoms with Crippen molar-refractivity contribution >= 4 is 27.7 Å². The molecule has 0 aliphatic heterocycles. The van der Waals surface area contributed by atoms with Gasteiger partial charge in [-0.05, 0) is 67.9 Å². The summed E-state index contributed by atoms with van der Waals surface area (Å²) >= 11 is 0. The van der Waals surface area contributed by atoms with Gasteiger partial charge in [-0.15, -0.1) is 0 Å². The van der Waals surface area contributed by atoms with Crippen LogP contribution in [-0.2, 0) is 19.6 Å². The van der Waals surface area contributed by atoms with Crippen molar-refractivity contribution in [3.8, 4) is 0 Å². The SMILES string of the molecule is COC(=O)NC(C(=O)NC(C)CCCC(CO)N(CCC(C)C)S(=O)(=O)c1ccc(N)c(F)c1)C(c1ccccc1)c1ccccc1. The number of methoxy groups -OCH3 is 1. The van der Waals surface area contributed by atoms with E-state index in [1.165, 1.54) is 23.5 Å². The maximum atomic E-state index is 14.2. The van der Waals surface area contributed by atoms with Gasteiger partial charge in [0.2, 0.25) is 15.9 Å². The van der Waals surface area contributed by atoms with Crippen LogP contribution in [0.25, 0.3) is 0 Å². The Morgan fingerprint density at radius 1 is 0.915 bits per heavy atom. The van der Waals surface area contributed by atoms with Crippen molar-refractivity contribution in [2.75, 3.05) is 26.0 Å².